The van der Waals surface area contributed by atoms with Gasteiger partial charge in [0.25, 0.3) is 0 Å². The van der Waals surface area contributed by atoms with E-state index in [4.69, 9.17) is 4.74 Å². The fourth-order valence-electron chi connectivity index (χ4n) is 2.20. The van der Waals surface area contributed by atoms with Crippen molar-refractivity contribution >= 4 is 0 Å². The number of ether oxygens (including phenoxy) is 1. The Bertz CT molecular complexity index is 187. The van der Waals surface area contributed by atoms with E-state index in [1.165, 1.54) is 12.8 Å². The summed E-state index contributed by atoms with van der Waals surface area (Å²) in [5.74, 6) is -0.157. The van der Waals surface area contributed by atoms with Gasteiger partial charge in [-0.25, -0.2) is 8.78 Å². The molecular weight excluding hydrogens is 210 g/mol. The molecule has 0 radical (unpaired) electrons. The smallest absolute Gasteiger partial charge is 0.157 e. The Morgan fingerprint density at radius 1 is 1.06 bits per heavy atom. The summed E-state index contributed by atoms with van der Waals surface area (Å²) in [7, 11) is 0. The fraction of sp³-hybridized carbons (Fsp3) is 1.00. The Kier molecular flexibility index (Phi) is 6.25. The average Bonchev–Trinajstić information content (AvgIpc) is 2.28. The van der Waals surface area contributed by atoms with Gasteiger partial charge in [-0.2, -0.15) is 0 Å². The van der Waals surface area contributed by atoms with Crippen LogP contribution in [0.2, 0.25) is 0 Å². The van der Waals surface area contributed by atoms with Gasteiger partial charge in [-0.1, -0.05) is 33.1 Å². The van der Waals surface area contributed by atoms with Crippen molar-refractivity contribution in [1.29, 1.82) is 0 Å². The van der Waals surface area contributed by atoms with E-state index in [0.717, 1.165) is 19.3 Å². The summed E-state index contributed by atoms with van der Waals surface area (Å²) in [5.41, 5.74) is 0. The van der Waals surface area contributed by atoms with Gasteiger partial charge >= 0.3 is 0 Å². The maximum atomic E-state index is 13.6. The Hall–Kier alpha value is -0.180. The van der Waals surface area contributed by atoms with Crippen molar-refractivity contribution < 1.29 is 13.5 Å². The summed E-state index contributed by atoms with van der Waals surface area (Å²) in [6.07, 6.45) is 2.59. The number of rotatable bonds is 6. The van der Waals surface area contributed by atoms with Gasteiger partial charge in [0.05, 0.1) is 6.10 Å². The molecule has 96 valence electrons. The first kappa shape index (κ1) is 13.9. The van der Waals surface area contributed by atoms with Crippen LogP contribution in [-0.2, 0) is 4.74 Å². The molecule has 0 heterocycles. The van der Waals surface area contributed by atoms with Crippen LogP contribution in [0.3, 0.4) is 0 Å². The maximum absolute atomic E-state index is 13.6. The molecule has 1 aliphatic carbocycles. The highest BCUT2D eigenvalue weighted by atomic mass is 19.2. The van der Waals surface area contributed by atoms with Crippen LogP contribution in [-0.4, -0.2) is 25.1 Å². The Labute approximate surface area is 97.6 Å². The molecule has 1 fully saturated rings. The normalized spacial score (nSPS) is 35.2. The van der Waals surface area contributed by atoms with Gasteiger partial charge in [-0.15, -0.1) is 0 Å². The van der Waals surface area contributed by atoms with Crippen LogP contribution in [0.1, 0.15) is 52.4 Å². The highest BCUT2D eigenvalue weighted by molar-refractivity contribution is 4.87. The number of hydrogen-bond donors (Lipinski definition) is 0. The molecule has 0 saturated heterocycles. The lowest BCUT2D eigenvalue weighted by Crippen LogP contribution is -2.41. The lowest BCUT2D eigenvalue weighted by molar-refractivity contribution is -0.0720. The average molecular weight is 234 g/mol. The molecule has 0 aromatic carbocycles. The summed E-state index contributed by atoms with van der Waals surface area (Å²) in [4.78, 5) is 0. The van der Waals surface area contributed by atoms with Crippen molar-refractivity contribution in [2.24, 2.45) is 5.92 Å². The highest BCUT2D eigenvalue weighted by Gasteiger charge is 2.38. The van der Waals surface area contributed by atoms with E-state index in [9.17, 15) is 8.78 Å². The van der Waals surface area contributed by atoms with E-state index < -0.39 is 18.4 Å². The molecule has 4 unspecified atom stereocenters. The van der Waals surface area contributed by atoms with Crippen LogP contribution in [0.4, 0.5) is 8.78 Å². The zero-order valence-corrected chi connectivity index (χ0v) is 10.4. The molecule has 0 bridgehead atoms. The van der Waals surface area contributed by atoms with E-state index in [1.807, 2.05) is 0 Å². The van der Waals surface area contributed by atoms with Gasteiger partial charge in [0.2, 0.25) is 0 Å². The topological polar surface area (TPSA) is 9.23 Å². The fourth-order valence-corrected chi connectivity index (χ4v) is 2.20. The second-order valence-corrected chi connectivity index (χ2v) is 4.91. The molecule has 0 spiro atoms. The number of hydrogen-bond acceptors (Lipinski definition) is 1. The third-order valence-electron chi connectivity index (χ3n) is 3.44. The second kappa shape index (κ2) is 7.21. The standard InChI is InChI=1S/C13H24F2O/c1-3-4-5-6-9-16-11-8-7-10(2)12(14)13(11)15/h10-13H,3-9H2,1-2H3. The molecule has 0 amide bonds. The quantitative estimate of drug-likeness (QED) is 0.630. The van der Waals surface area contributed by atoms with Crippen LogP contribution in [0.5, 0.6) is 0 Å². The molecule has 1 aliphatic rings. The SMILES string of the molecule is CCCCCCOC1CCC(C)C(F)C1F. The first-order valence-electron chi connectivity index (χ1n) is 6.56. The van der Waals surface area contributed by atoms with Crippen LogP contribution in [0, 0.1) is 5.92 Å². The summed E-state index contributed by atoms with van der Waals surface area (Å²) in [6.45, 7) is 4.50. The molecule has 0 aromatic heterocycles. The predicted octanol–water partition coefficient (Wildman–Crippen LogP) is 4.06. The zero-order chi connectivity index (χ0) is 12.0. The minimum atomic E-state index is -1.42. The largest absolute Gasteiger partial charge is 0.375 e. The zero-order valence-electron chi connectivity index (χ0n) is 10.4. The van der Waals surface area contributed by atoms with Crippen LogP contribution >= 0.6 is 0 Å². The van der Waals surface area contributed by atoms with Crippen molar-refractivity contribution in [2.75, 3.05) is 6.61 Å². The first-order chi connectivity index (χ1) is 7.66. The molecule has 1 saturated carbocycles. The number of alkyl halides is 2. The molecule has 4 atom stereocenters. The molecule has 3 heteroatoms. The molecule has 0 aliphatic heterocycles. The van der Waals surface area contributed by atoms with E-state index in [-0.39, 0.29) is 5.92 Å². The number of halogens is 2. The minimum absolute atomic E-state index is 0.157. The molecule has 16 heavy (non-hydrogen) atoms. The first-order valence-corrected chi connectivity index (χ1v) is 6.56. The van der Waals surface area contributed by atoms with Gasteiger partial charge in [0.1, 0.15) is 6.17 Å². The maximum Gasteiger partial charge on any atom is 0.157 e. The predicted molar refractivity (Wildman–Crippen MR) is 62.1 cm³/mol. The van der Waals surface area contributed by atoms with Crippen molar-refractivity contribution in [1.82, 2.24) is 0 Å². The monoisotopic (exact) mass is 234 g/mol. The van der Waals surface area contributed by atoms with Crippen molar-refractivity contribution in [3.8, 4) is 0 Å². The Balaban J connectivity index is 2.16. The van der Waals surface area contributed by atoms with Crippen LogP contribution < -0.4 is 0 Å². The van der Waals surface area contributed by atoms with Crippen molar-refractivity contribution in [3.05, 3.63) is 0 Å². The highest BCUT2D eigenvalue weighted by Crippen LogP contribution is 2.31. The third-order valence-corrected chi connectivity index (χ3v) is 3.44. The van der Waals surface area contributed by atoms with Crippen molar-refractivity contribution in [2.45, 2.75) is 70.8 Å². The van der Waals surface area contributed by atoms with E-state index >= 15 is 0 Å². The molecule has 0 aromatic rings. The van der Waals surface area contributed by atoms with Crippen LogP contribution in [0.25, 0.3) is 0 Å². The van der Waals surface area contributed by atoms with E-state index in [0.29, 0.717) is 13.0 Å². The molecule has 0 N–H and O–H groups in total. The summed E-state index contributed by atoms with van der Waals surface area (Å²) in [5, 5.41) is 0. The summed E-state index contributed by atoms with van der Waals surface area (Å²) >= 11 is 0. The number of unbranched alkanes of at least 4 members (excludes halogenated alkanes) is 3. The van der Waals surface area contributed by atoms with Crippen molar-refractivity contribution in [3.63, 3.8) is 0 Å². The van der Waals surface area contributed by atoms with Crippen LogP contribution in [0.15, 0.2) is 0 Å². The Morgan fingerprint density at radius 3 is 2.50 bits per heavy atom. The minimum Gasteiger partial charge on any atom is -0.375 e. The van der Waals surface area contributed by atoms with Gasteiger partial charge in [-0.05, 0) is 25.2 Å². The second-order valence-electron chi connectivity index (χ2n) is 4.91. The third kappa shape index (κ3) is 4.00. The lowest BCUT2D eigenvalue weighted by atomic mass is 9.85. The van der Waals surface area contributed by atoms with E-state index in [2.05, 4.69) is 6.92 Å². The van der Waals surface area contributed by atoms with Gasteiger partial charge < -0.3 is 4.74 Å². The van der Waals surface area contributed by atoms with Gasteiger partial charge in [-0.3, -0.25) is 0 Å². The van der Waals surface area contributed by atoms with E-state index in [1.54, 1.807) is 6.92 Å². The molecule has 1 nitrogen and oxygen atoms in total. The Morgan fingerprint density at radius 2 is 1.81 bits per heavy atom. The molecular formula is C13H24F2O. The summed E-state index contributed by atoms with van der Waals surface area (Å²) in [6, 6.07) is 0. The molecule has 1 rings (SSSR count). The van der Waals surface area contributed by atoms with Gasteiger partial charge in [0, 0.05) is 6.61 Å². The summed E-state index contributed by atoms with van der Waals surface area (Å²) < 4.78 is 32.4. The van der Waals surface area contributed by atoms with Gasteiger partial charge in [0.15, 0.2) is 6.17 Å². The lowest BCUT2D eigenvalue weighted by Gasteiger charge is -2.32.